The van der Waals surface area contributed by atoms with Crippen LogP contribution in [-0.4, -0.2) is 11.7 Å². The first-order valence-electron chi connectivity index (χ1n) is 5.45. The Bertz CT molecular complexity index is 696. The van der Waals surface area contributed by atoms with Gasteiger partial charge in [0.05, 0.1) is 9.90 Å². The van der Waals surface area contributed by atoms with Crippen molar-refractivity contribution in [2.45, 2.75) is 5.92 Å². The maximum absolute atomic E-state index is 12.4. The van der Waals surface area contributed by atoms with E-state index < -0.39 is 5.92 Å². The highest BCUT2D eigenvalue weighted by Gasteiger charge is 2.38. The Labute approximate surface area is 123 Å². The van der Waals surface area contributed by atoms with E-state index in [4.69, 9.17) is 23.2 Å². The number of anilines is 1. The summed E-state index contributed by atoms with van der Waals surface area (Å²) in [4.78, 5) is 24.8. The van der Waals surface area contributed by atoms with Crippen LogP contribution in [0.25, 0.3) is 0 Å². The zero-order valence-corrected chi connectivity index (χ0v) is 11.8. The summed E-state index contributed by atoms with van der Waals surface area (Å²) in [7, 11) is 0. The van der Waals surface area contributed by atoms with Crippen LogP contribution < -0.4 is 5.32 Å². The smallest absolute Gasteiger partial charge is 0.239 e. The average molecular weight is 312 g/mol. The number of rotatable bonds is 2. The second-order valence-electron chi connectivity index (χ2n) is 4.12. The molecule has 1 aromatic heterocycles. The maximum Gasteiger partial charge on any atom is 0.239 e. The van der Waals surface area contributed by atoms with Gasteiger partial charge >= 0.3 is 0 Å². The number of ketones is 1. The van der Waals surface area contributed by atoms with Gasteiger partial charge in [0, 0.05) is 10.7 Å². The average Bonchev–Trinajstić information content (AvgIpc) is 2.91. The van der Waals surface area contributed by atoms with E-state index in [1.807, 2.05) is 0 Å². The topological polar surface area (TPSA) is 46.2 Å². The number of carbonyl (C=O) groups excluding carboxylic acids is 2. The second-order valence-corrected chi connectivity index (χ2v) is 5.88. The Balaban J connectivity index is 2.07. The van der Waals surface area contributed by atoms with Gasteiger partial charge in [-0.05, 0) is 35.2 Å². The van der Waals surface area contributed by atoms with Crippen LogP contribution in [0.5, 0.6) is 0 Å². The van der Waals surface area contributed by atoms with Crippen molar-refractivity contribution in [3.05, 3.63) is 50.1 Å². The summed E-state index contributed by atoms with van der Waals surface area (Å²) >= 11 is 13.1. The van der Waals surface area contributed by atoms with Gasteiger partial charge in [0.25, 0.3) is 0 Å². The number of halogens is 2. The molecule has 3 rings (SSSR count). The molecule has 2 heterocycles. The van der Waals surface area contributed by atoms with Crippen LogP contribution in [0.3, 0.4) is 0 Å². The number of fused-ring (bicyclic) bond motifs is 1. The van der Waals surface area contributed by atoms with Gasteiger partial charge in [0.15, 0.2) is 5.78 Å². The van der Waals surface area contributed by atoms with Gasteiger partial charge in [-0.25, -0.2) is 0 Å². The third-order valence-corrected chi connectivity index (χ3v) is 4.54. The summed E-state index contributed by atoms with van der Waals surface area (Å²) < 4.78 is 0. The fraction of sp³-hybridized carbons (Fsp3) is 0.0769. The largest absolute Gasteiger partial charge is 0.325 e. The fourth-order valence-corrected chi connectivity index (χ4v) is 3.39. The van der Waals surface area contributed by atoms with Crippen molar-refractivity contribution in [2.24, 2.45) is 0 Å². The SMILES string of the molecule is O=C1Nc2ccc(Cl)cc2C1C(=O)c1sccc1Cl. The number of hydrogen-bond donors (Lipinski definition) is 1. The molecule has 1 atom stereocenters. The molecule has 19 heavy (non-hydrogen) atoms. The predicted octanol–water partition coefficient (Wildman–Crippen LogP) is 3.97. The van der Waals surface area contributed by atoms with Crippen molar-refractivity contribution in [3.63, 3.8) is 0 Å². The number of benzene rings is 1. The molecule has 1 aliphatic rings. The second kappa shape index (κ2) is 4.63. The Morgan fingerprint density at radius 1 is 1.26 bits per heavy atom. The quantitative estimate of drug-likeness (QED) is 0.673. The lowest BCUT2D eigenvalue weighted by molar-refractivity contribution is -0.116. The van der Waals surface area contributed by atoms with Crippen molar-refractivity contribution in [3.8, 4) is 0 Å². The molecule has 1 amide bonds. The normalized spacial score (nSPS) is 17.2. The first kappa shape index (κ1) is 12.7. The predicted molar refractivity (Wildman–Crippen MR) is 76.5 cm³/mol. The van der Waals surface area contributed by atoms with Crippen LogP contribution >= 0.6 is 34.5 Å². The molecule has 0 aliphatic carbocycles. The molecular weight excluding hydrogens is 305 g/mol. The number of Topliss-reactive ketones (excluding diaryl/α,β-unsaturated/α-hetero) is 1. The van der Waals surface area contributed by atoms with Crippen LogP contribution in [0.2, 0.25) is 10.0 Å². The molecule has 96 valence electrons. The summed E-state index contributed by atoms with van der Waals surface area (Å²) in [5.41, 5.74) is 1.23. The molecular formula is C13H7Cl2NO2S. The molecule has 0 saturated carbocycles. The lowest BCUT2D eigenvalue weighted by Gasteiger charge is -2.07. The van der Waals surface area contributed by atoms with Crippen molar-refractivity contribution in [1.29, 1.82) is 0 Å². The molecule has 1 aliphatic heterocycles. The highest BCUT2D eigenvalue weighted by molar-refractivity contribution is 7.12. The minimum atomic E-state index is -0.871. The number of hydrogen-bond acceptors (Lipinski definition) is 3. The van der Waals surface area contributed by atoms with Gasteiger partial charge in [-0.1, -0.05) is 23.2 Å². The van der Waals surface area contributed by atoms with E-state index in [9.17, 15) is 9.59 Å². The Morgan fingerprint density at radius 3 is 2.74 bits per heavy atom. The van der Waals surface area contributed by atoms with Crippen molar-refractivity contribution in [2.75, 3.05) is 5.32 Å². The summed E-state index contributed by atoms with van der Waals surface area (Å²) in [6, 6.07) is 6.65. The van der Waals surface area contributed by atoms with E-state index in [1.54, 1.807) is 29.6 Å². The Hall–Kier alpha value is -1.36. The summed E-state index contributed by atoms with van der Waals surface area (Å²) in [5.74, 6) is -1.50. The molecule has 0 radical (unpaired) electrons. The molecule has 1 unspecified atom stereocenters. The third-order valence-electron chi connectivity index (χ3n) is 2.95. The van der Waals surface area contributed by atoms with Crippen LogP contribution in [0.15, 0.2) is 29.6 Å². The number of nitrogens with one attached hydrogen (secondary N) is 1. The molecule has 0 bridgehead atoms. The Kier molecular flexibility index (Phi) is 3.09. The minimum Gasteiger partial charge on any atom is -0.325 e. The zero-order valence-electron chi connectivity index (χ0n) is 9.44. The fourth-order valence-electron chi connectivity index (χ4n) is 2.09. The van der Waals surface area contributed by atoms with Crippen molar-refractivity contribution >= 4 is 51.9 Å². The van der Waals surface area contributed by atoms with Gasteiger partial charge in [0.2, 0.25) is 5.91 Å². The van der Waals surface area contributed by atoms with Gasteiger partial charge in [-0.3, -0.25) is 9.59 Å². The van der Waals surface area contributed by atoms with E-state index in [1.165, 1.54) is 11.3 Å². The summed E-state index contributed by atoms with van der Waals surface area (Å²) in [6.45, 7) is 0. The molecule has 1 aromatic carbocycles. The van der Waals surface area contributed by atoms with Gasteiger partial charge < -0.3 is 5.32 Å². The first-order chi connectivity index (χ1) is 9.08. The lowest BCUT2D eigenvalue weighted by atomic mass is 9.95. The molecule has 3 nitrogen and oxygen atoms in total. The van der Waals surface area contributed by atoms with Gasteiger partial charge in [0.1, 0.15) is 5.92 Å². The Morgan fingerprint density at radius 2 is 2.05 bits per heavy atom. The van der Waals surface area contributed by atoms with E-state index in [-0.39, 0.29) is 11.7 Å². The number of carbonyl (C=O) groups is 2. The third kappa shape index (κ3) is 2.06. The lowest BCUT2D eigenvalue weighted by Crippen LogP contribution is -2.20. The molecule has 0 fully saturated rings. The highest BCUT2D eigenvalue weighted by atomic mass is 35.5. The van der Waals surface area contributed by atoms with Gasteiger partial charge in [-0.15, -0.1) is 11.3 Å². The highest BCUT2D eigenvalue weighted by Crippen LogP contribution is 2.38. The van der Waals surface area contributed by atoms with Crippen LogP contribution in [0.1, 0.15) is 21.2 Å². The standard InChI is InChI=1S/C13H7Cl2NO2S/c14-6-1-2-9-7(5-6)10(13(18)16-9)11(17)12-8(15)3-4-19-12/h1-5,10H,(H,16,18). The maximum atomic E-state index is 12.4. The minimum absolute atomic E-state index is 0.293. The van der Waals surface area contributed by atoms with Crippen molar-refractivity contribution < 1.29 is 9.59 Å². The van der Waals surface area contributed by atoms with E-state index in [2.05, 4.69) is 5.32 Å². The van der Waals surface area contributed by atoms with E-state index >= 15 is 0 Å². The molecule has 2 aromatic rings. The van der Waals surface area contributed by atoms with Crippen molar-refractivity contribution in [1.82, 2.24) is 0 Å². The van der Waals surface area contributed by atoms with Gasteiger partial charge in [-0.2, -0.15) is 0 Å². The summed E-state index contributed by atoms with van der Waals surface area (Å²) in [5, 5.41) is 5.27. The molecule has 0 spiro atoms. The monoisotopic (exact) mass is 311 g/mol. The molecule has 6 heteroatoms. The van der Waals surface area contributed by atoms with Crippen LogP contribution in [0.4, 0.5) is 5.69 Å². The van der Waals surface area contributed by atoms with E-state index in [0.717, 1.165) is 0 Å². The molecule has 1 N–H and O–H groups in total. The first-order valence-corrected chi connectivity index (χ1v) is 7.09. The van der Waals surface area contributed by atoms with Crippen LogP contribution in [0, 0.1) is 0 Å². The number of amides is 1. The molecule has 0 saturated heterocycles. The van der Waals surface area contributed by atoms with E-state index in [0.29, 0.717) is 26.2 Å². The number of thiophene rings is 1. The summed E-state index contributed by atoms with van der Waals surface area (Å²) in [6.07, 6.45) is 0. The van der Waals surface area contributed by atoms with Crippen LogP contribution in [-0.2, 0) is 4.79 Å². The zero-order chi connectivity index (χ0) is 13.6.